The molecule has 0 spiro atoms. The van der Waals surface area contributed by atoms with Gasteiger partial charge in [0.15, 0.2) is 0 Å². The van der Waals surface area contributed by atoms with Crippen molar-refractivity contribution < 1.29 is 9.18 Å². The zero-order valence-corrected chi connectivity index (χ0v) is 8.81. The Morgan fingerprint density at radius 2 is 2.21 bits per heavy atom. The van der Waals surface area contributed by atoms with Crippen LogP contribution in [0.3, 0.4) is 0 Å². The number of amides is 1. The van der Waals surface area contributed by atoms with Crippen LogP contribution in [0, 0.1) is 12.7 Å². The summed E-state index contributed by atoms with van der Waals surface area (Å²) in [6, 6.07) is 4.36. The number of halogens is 1. The van der Waals surface area contributed by atoms with E-state index in [0.29, 0.717) is 0 Å². The average molecular weight is 214 g/mol. The fourth-order valence-corrected chi connectivity index (χ4v) is 1.11. The van der Waals surface area contributed by atoms with Crippen LogP contribution >= 0.6 is 12.8 Å². The van der Waals surface area contributed by atoms with Crippen LogP contribution in [0.4, 0.5) is 4.39 Å². The summed E-state index contributed by atoms with van der Waals surface area (Å²) in [7, 11) is 1.54. The molecule has 0 aliphatic heterocycles. The van der Waals surface area contributed by atoms with Crippen molar-refractivity contribution in [3.8, 4) is 0 Å². The number of hydrogen-bond donors (Lipinski definition) is 2. The predicted molar refractivity (Wildman–Crippen MR) is 55.4 cm³/mol. The highest BCUT2D eigenvalue weighted by Crippen LogP contribution is 2.09. The van der Waals surface area contributed by atoms with E-state index in [2.05, 4.69) is 18.2 Å². The number of hydrogen-bond acceptors (Lipinski definition) is 3. The molecule has 0 fully saturated rings. The van der Waals surface area contributed by atoms with E-state index in [1.54, 1.807) is 13.0 Å². The Labute approximate surface area is 87.4 Å². The standard InChI is InChI=1S/C9H11FN2OS/c1-6-3-4-8(10)7(5-6)9(13)11-12(2)14/h3-5,14H,1-2H3,(H,11,13). The fourth-order valence-electron chi connectivity index (χ4n) is 1.02. The maximum Gasteiger partial charge on any atom is 0.269 e. The number of carbonyl (C=O) groups excluding carboxylic acids is 1. The van der Waals surface area contributed by atoms with E-state index in [4.69, 9.17) is 0 Å². The van der Waals surface area contributed by atoms with Gasteiger partial charge in [0.05, 0.1) is 5.56 Å². The van der Waals surface area contributed by atoms with Gasteiger partial charge in [-0.1, -0.05) is 24.4 Å². The van der Waals surface area contributed by atoms with Crippen LogP contribution < -0.4 is 5.43 Å². The number of hydrazine groups is 1. The first-order valence-electron chi connectivity index (χ1n) is 4.00. The van der Waals surface area contributed by atoms with E-state index in [-0.39, 0.29) is 5.56 Å². The lowest BCUT2D eigenvalue weighted by molar-refractivity contribution is 0.0897. The summed E-state index contributed by atoms with van der Waals surface area (Å²) in [5.41, 5.74) is 3.20. The zero-order valence-electron chi connectivity index (χ0n) is 7.91. The Morgan fingerprint density at radius 3 is 2.79 bits per heavy atom. The van der Waals surface area contributed by atoms with Crippen molar-refractivity contribution in [3.63, 3.8) is 0 Å². The molecule has 0 bridgehead atoms. The lowest BCUT2D eigenvalue weighted by Gasteiger charge is -2.11. The minimum atomic E-state index is -0.539. The molecule has 1 N–H and O–H groups in total. The average Bonchev–Trinajstić information content (AvgIpc) is 2.08. The van der Waals surface area contributed by atoms with Gasteiger partial charge in [-0.25, -0.2) is 4.39 Å². The number of rotatable bonds is 2. The van der Waals surface area contributed by atoms with Crippen molar-refractivity contribution >= 4 is 18.7 Å². The van der Waals surface area contributed by atoms with E-state index < -0.39 is 11.7 Å². The molecule has 0 unspecified atom stereocenters. The van der Waals surface area contributed by atoms with Crippen LogP contribution in [0.1, 0.15) is 15.9 Å². The van der Waals surface area contributed by atoms with Crippen LogP contribution in [0.2, 0.25) is 0 Å². The number of nitrogens with zero attached hydrogens (tertiary/aromatic N) is 1. The van der Waals surface area contributed by atoms with Gasteiger partial charge in [0, 0.05) is 7.05 Å². The maximum absolute atomic E-state index is 13.2. The van der Waals surface area contributed by atoms with Gasteiger partial charge in [-0.3, -0.25) is 10.2 Å². The van der Waals surface area contributed by atoms with Gasteiger partial charge in [0.2, 0.25) is 0 Å². The van der Waals surface area contributed by atoms with Gasteiger partial charge < -0.3 is 0 Å². The molecule has 1 rings (SSSR count). The van der Waals surface area contributed by atoms with Gasteiger partial charge in [0.1, 0.15) is 5.82 Å². The van der Waals surface area contributed by atoms with Crippen LogP contribution in [-0.2, 0) is 0 Å². The topological polar surface area (TPSA) is 32.3 Å². The molecule has 0 aromatic heterocycles. The third kappa shape index (κ3) is 2.71. The number of benzene rings is 1. The SMILES string of the molecule is Cc1ccc(F)c(C(=O)NN(C)S)c1. The van der Waals surface area contributed by atoms with E-state index in [1.807, 2.05) is 0 Å². The van der Waals surface area contributed by atoms with E-state index >= 15 is 0 Å². The van der Waals surface area contributed by atoms with Gasteiger partial charge in [-0.05, 0) is 19.1 Å². The van der Waals surface area contributed by atoms with Crippen LogP contribution in [-0.4, -0.2) is 17.4 Å². The Kier molecular flexibility index (Phi) is 3.49. The van der Waals surface area contributed by atoms with Crippen molar-refractivity contribution in [2.24, 2.45) is 0 Å². The highest BCUT2D eigenvalue weighted by Gasteiger charge is 2.11. The molecule has 0 atom stereocenters. The summed E-state index contributed by atoms with van der Waals surface area (Å²) in [4.78, 5) is 11.4. The van der Waals surface area contributed by atoms with Crippen LogP contribution in [0.25, 0.3) is 0 Å². The summed E-state index contributed by atoms with van der Waals surface area (Å²) >= 11 is 3.83. The molecule has 1 aromatic carbocycles. The highest BCUT2D eigenvalue weighted by molar-refractivity contribution is 7.77. The molecular formula is C9H11FN2OS. The third-order valence-corrected chi connectivity index (χ3v) is 1.73. The molecule has 0 saturated carbocycles. The van der Waals surface area contributed by atoms with Crippen molar-refractivity contribution in [3.05, 3.63) is 35.1 Å². The molecule has 76 valence electrons. The second kappa shape index (κ2) is 4.43. The van der Waals surface area contributed by atoms with E-state index in [0.717, 1.165) is 5.56 Å². The van der Waals surface area contributed by atoms with Crippen LogP contribution in [0.5, 0.6) is 0 Å². The fraction of sp³-hybridized carbons (Fsp3) is 0.222. The molecule has 1 amide bonds. The summed E-state index contributed by atoms with van der Waals surface area (Å²) in [5.74, 6) is -1.05. The minimum Gasteiger partial charge on any atom is -0.275 e. The summed E-state index contributed by atoms with van der Waals surface area (Å²) in [6.07, 6.45) is 0. The first-order valence-corrected chi connectivity index (χ1v) is 4.40. The monoisotopic (exact) mass is 214 g/mol. The smallest absolute Gasteiger partial charge is 0.269 e. The van der Waals surface area contributed by atoms with Gasteiger partial charge in [0.25, 0.3) is 5.91 Å². The maximum atomic E-state index is 13.2. The molecule has 0 radical (unpaired) electrons. The Hall–Kier alpha value is -1.07. The lowest BCUT2D eigenvalue weighted by atomic mass is 10.1. The number of aryl methyl sites for hydroxylation is 1. The largest absolute Gasteiger partial charge is 0.275 e. The number of thiol groups is 1. The van der Waals surface area contributed by atoms with Crippen LogP contribution in [0.15, 0.2) is 18.2 Å². The number of carbonyl (C=O) groups is 1. The van der Waals surface area contributed by atoms with Gasteiger partial charge >= 0.3 is 0 Å². The Bertz CT molecular complexity index is 355. The third-order valence-electron chi connectivity index (χ3n) is 1.63. The first kappa shape index (κ1) is 11.0. The van der Waals surface area contributed by atoms with Crippen molar-refractivity contribution in [2.45, 2.75) is 6.92 Å². The van der Waals surface area contributed by atoms with Crippen molar-refractivity contribution in [2.75, 3.05) is 7.05 Å². The molecular weight excluding hydrogens is 203 g/mol. The normalized spacial score (nSPS) is 10.4. The minimum absolute atomic E-state index is 0.0194. The molecule has 0 aliphatic rings. The second-order valence-corrected chi connectivity index (χ2v) is 3.55. The molecule has 3 nitrogen and oxygen atoms in total. The van der Waals surface area contributed by atoms with Crippen molar-refractivity contribution in [1.29, 1.82) is 0 Å². The summed E-state index contributed by atoms with van der Waals surface area (Å²) in [6.45, 7) is 1.79. The molecule has 0 saturated heterocycles. The molecule has 14 heavy (non-hydrogen) atoms. The van der Waals surface area contributed by atoms with Crippen molar-refractivity contribution in [1.82, 2.24) is 9.84 Å². The molecule has 0 aliphatic carbocycles. The number of nitrogens with one attached hydrogen (secondary N) is 1. The quantitative estimate of drug-likeness (QED) is 0.578. The van der Waals surface area contributed by atoms with Gasteiger partial charge in [-0.2, -0.15) is 4.41 Å². The lowest BCUT2D eigenvalue weighted by Crippen LogP contribution is -2.33. The van der Waals surface area contributed by atoms with E-state index in [1.165, 1.54) is 23.6 Å². The Balaban J connectivity index is 2.94. The first-order chi connectivity index (χ1) is 6.50. The highest BCUT2D eigenvalue weighted by atomic mass is 32.1. The predicted octanol–water partition coefficient (Wildman–Crippen LogP) is 1.56. The second-order valence-electron chi connectivity index (χ2n) is 2.95. The molecule has 0 heterocycles. The molecule has 5 heteroatoms. The summed E-state index contributed by atoms with van der Waals surface area (Å²) < 4.78 is 14.3. The molecule has 1 aromatic rings. The Morgan fingerprint density at radius 1 is 1.57 bits per heavy atom. The zero-order chi connectivity index (χ0) is 10.7. The van der Waals surface area contributed by atoms with E-state index in [9.17, 15) is 9.18 Å². The summed E-state index contributed by atoms with van der Waals surface area (Å²) in [5, 5.41) is 0. The van der Waals surface area contributed by atoms with Gasteiger partial charge in [-0.15, -0.1) is 0 Å².